The number of rotatable bonds is 8. The molecule has 2 rings (SSSR count). The van der Waals surface area contributed by atoms with Crippen LogP contribution in [0, 0.1) is 17.0 Å². The maximum Gasteiger partial charge on any atom is 0.312 e. The van der Waals surface area contributed by atoms with E-state index in [0.717, 1.165) is 16.5 Å². The van der Waals surface area contributed by atoms with Gasteiger partial charge in [-0.15, -0.1) is 0 Å². The van der Waals surface area contributed by atoms with Crippen LogP contribution in [0.4, 0.5) is 5.69 Å². The van der Waals surface area contributed by atoms with Gasteiger partial charge in [0.2, 0.25) is 15.8 Å². The first-order valence-corrected chi connectivity index (χ1v) is 9.49. The second-order valence-corrected chi connectivity index (χ2v) is 7.92. The quantitative estimate of drug-likeness (QED) is 0.528. The number of quaternary nitrogens is 1. The molecule has 0 aliphatic heterocycles. The van der Waals surface area contributed by atoms with Crippen molar-refractivity contribution in [3.05, 3.63) is 58.1 Å². The molecule has 0 bridgehead atoms. The lowest BCUT2D eigenvalue weighted by atomic mass is 10.2. The van der Waals surface area contributed by atoms with E-state index in [1.54, 1.807) is 12.1 Å². The van der Waals surface area contributed by atoms with Crippen molar-refractivity contribution < 1.29 is 23.0 Å². The second-order valence-electron chi connectivity index (χ2n) is 6.16. The highest BCUT2D eigenvalue weighted by molar-refractivity contribution is 7.89. The fourth-order valence-electron chi connectivity index (χ4n) is 2.15. The molecule has 0 spiro atoms. The molecule has 140 valence electrons. The number of benzene rings is 2. The fourth-order valence-corrected chi connectivity index (χ4v) is 3.20. The van der Waals surface area contributed by atoms with E-state index in [4.69, 9.17) is 4.74 Å². The molecule has 0 unspecified atom stereocenters. The molecule has 0 aliphatic rings. The smallest absolute Gasteiger partial charge is 0.312 e. The number of nitro groups is 1. The molecule has 9 heteroatoms. The third-order valence-corrected chi connectivity index (χ3v) is 5.06. The Hall–Kier alpha value is -2.49. The summed E-state index contributed by atoms with van der Waals surface area (Å²) in [4.78, 5) is 11.6. The maximum atomic E-state index is 12.3. The third kappa shape index (κ3) is 5.25. The van der Waals surface area contributed by atoms with Crippen LogP contribution in [-0.4, -0.2) is 40.5 Å². The van der Waals surface area contributed by atoms with Crippen molar-refractivity contribution in [2.75, 3.05) is 27.2 Å². The number of hydrogen-bond donors (Lipinski definition) is 2. The summed E-state index contributed by atoms with van der Waals surface area (Å²) in [6.45, 7) is 2.74. The minimum absolute atomic E-state index is 0.0180. The Bertz CT molecular complexity index is 880. The summed E-state index contributed by atoms with van der Waals surface area (Å²) in [5.41, 5.74) is 0.616. The molecule has 0 heterocycles. The van der Waals surface area contributed by atoms with Crippen molar-refractivity contribution in [3.63, 3.8) is 0 Å². The average Bonchev–Trinajstić information content (AvgIpc) is 2.56. The summed E-state index contributed by atoms with van der Waals surface area (Å²) in [7, 11) is -0.0322. The largest absolute Gasteiger partial charge is 0.450 e. The van der Waals surface area contributed by atoms with Crippen LogP contribution in [0.25, 0.3) is 0 Å². The number of nitro benzene ring substituents is 1. The highest BCUT2D eigenvalue weighted by atomic mass is 32.2. The second kappa shape index (κ2) is 8.26. The summed E-state index contributed by atoms with van der Waals surface area (Å²) >= 11 is 0. The highest BCUT2D eigenvalue weighted by Crippen LogP contribution is 2.33. The van der Waals surface area contributed by atoms with Crippen molar-refractivity contribution in [3.8, 4) is 11.5 Å². The zero-order chi connectivity index (χ0) is 19.3. The molecule has 0 aromatic heterocycles. The Kier molecular flexibility index (Phi) is 6.30. The normalized spacial score (nSPS) is 11.5. The van der Waals surface area contributed by atoms with Crippen LogP contribution >= 0.6 is 0 Å². The van der Waals surface area contributed by atoms with Gasteiger partial charge in [-0.1, -0.05) is 17.7 Å². The molecule has 0 fully saturated rings. The average molecular weight is 380 g/mol. The Balaban J connectivity index is 2.27. The summed E-state index contributed by atoms with van der Waals surface area (Å²) in [5, 5.41) is 11.4. The van der Waals surface area contributed by atoms with E-state index < -0.39 is 20.6 Å². The third-order valence-electron chi connectivity index (χ3n) is 3.60. The number of nitrogens with zero attached hydrogens (tertiary/aromatic N) is 1. The lowest BCUT2D eigenvalue weighted by Crippen LogP contribution is -3.06. The molecule has 2 aromatic carbocycles. The zero-order valence-corrected chi connectivity index (χ0v) is 15.7. The molecule has 0 saturated carbocycles. The maximum absolute atomic E-state index is 12.3. The molecular weight excluding hydrogens is 358 g/mol. The first-order chi connectivity index (χ1) is 12.2. The van der Waals surface area contributed by atoms with Crippen LogP contribution in [0.3, 0.4) is 0 Å². The Labute approximate surface area is 152 Å². The van der Waals surface area contributed by atoms with Gasteiger partial charge in [-0.3, -0.25) is 10.1 Å². The predicted octanol–water partition coefficient (Wildman–Crippen LogP) is 1.12. The predicted molar refractivity (Wildman–Crippen MR) is 97.2 cm³/mol. The first-order valence-electron chi connectivity index (χ1n) is 8.01. The van der Waals surface area contributed by atoms with Gasteiger partial charge in [-0.05, 0) is 31.2 Å². The number of aryl methyl sites for hydroxylation is 1. The van der Waals surface area contributed by atoms with E-state index in [-0.39, 0.29) is 17.2 Å². The molecule has 2 aromatic rings. The molecule has 0 atom stereocenters. The molecule has 8 nitrogen and oxygen atoms in total. The lowest BCUT2D eigenvalue weighted by Gasteiger charge is -2.11. The van der Waals surface area contributed by atoms with Crippen LogP contribution in [-0.2, 0) is 10.0 Å². The van der Waals surface area contributed by atoms with Gasteiger partial charge in [0.1, 0.15) is 5.75 Å². The monoisotopic (exact) mass is 380 g/mol. The van der Waals surface area contributed by atoms with Gasteiger partial charge in [0.15, 0.2) is 0 Å². The molecular formula is C17H22N3O5S+. The number of sulfonamides is 1. The molecule has 0 radical (unpaired) electrons. The zero-order valence-electron chi connectivity index (χ0n) is 14.9. The van der Waals surface area contributed by atoms with E-state index in [0.29, 0.717) is 12.3 Å². The van der Waals surface area contributed by atoms with E-state index >= 15 is 0 Å². The van der Waals surface area contributed by atoms with Gasteiger partial charge in [0.25, 0.3) is 0 Å². The lowest BCUT2D eigenvalue weighted by molar-refractivity contribution is -0.856. The summed E-state index contributed by atoms with van der Waals surface area (Å²) < 4.78 is 32.6. The SMILES string of the molecule is Cc1ccc(Oc2ccc(S(=O)(=O)NCC[NH+](C)C)cc2[N+](=O)[O-])cc1. The van der Waals surface area contributed by atoms with Crippen LogP contribution in [0.5, 0.6) is 11.5 Å². The van der Waals surface area contributed by atoms with E-state index in [9.17, 15) is 18.5 Å². The van der Waals surface area contributed by atoms with Gasteiger partial charge >= 0.3 is 5.69 Å². The van der Waals surface area contributed by atoms with Gasteiger partial charge in [0, 0.05) is 6.07 Å². The highest BCUT2D eigenvalue weighted by Gasteiger charge is 2.22. The van der Waals surface area contributed by atoms with E-state index in [1.807, 2.05) is 33.2 Å². The minimum Gasteiger partial charge on any atom is -0.450 e. The summed E-state index contributed by atoms with van der Waals surface area (Å²) in [5.74, 6) is 0.414. The van der Waals surface area contributed by atoms with Crippen molar-refractivity contribution in [2.24, 2.45) is 0 Å². The van der Waals surface area contributed by atoms with E-state index in [1.165, 1.54) is 12.1 Å². The standard InChI is InChI=1S/C17H21N3O5S/c1-13-4-6-14(7-5-13)25-17-9-8-15(12-16(17)20(21)22)26(23,24)18-10-11-19(2)3/h4-9,12,18H,10-11H2,1-3H3/p+1. The van der Waals surface area contributed by atoms with Gasteiger partial charge in [-0.2, -0.15) is 0 Å². The topological polar surface area (TPSA) is 103 Å². The fraction of sp³-hybridized carbons (Fsp3) is 0.294. The van der Waals surface area contributed by atoms with Crippen LogP contribution in [0.1, 0.15) is 5.56 Å². The molecule has 0 amide bonds. The van der Waals surface area contributed by atoms with E-state index in [2.05, 4.69) is 4.72 Å². The van der Waals surface area contributed by atoms with Crippen LogP contribution < -0.4 is 14.4 Å². The molecule has 0 aliphatic carbocycles. The summed E-state index contributed by atoms with van der Waals surface area (Å²) in [6.07, 6.45) is 0. The molecule has 26 heavy (non-hydrogen) atoms. The van der Waals surface area contributed by atoms with Gasteiger partial charge < -0.3 is 9.64 Å². The first kappa shape index (κ1) is 19.8. The number of ether oxygens (including phenoxy) is 1. The van der Waals surface area contributed by atoms with Crippen molar-refractivity contribution >= 4 is 15.7 Å². The van der Waals surface area contributed by atoms with Crippen molar-refractivity contribution in [1.29, 1.82) is 0 Å². The summed E-state index contributed by atoms with van der Waals surface area (Å²) in [6, 6.07) is 10.6. The molecule has 0 saturated heterocycles. The van der Waals surface area contributed by atoms with Gasteiger partial charge in [0.05, 0.1) is 37.0 Å². The number of hydrogen-bond acceptors (Lipinski definition) is 5. The number of likely N-dealkylation sites (N-methyl/N-ethyl adjacent to an activating group) is 1. The van der Waals surface area contributed by atoms with Crippen LogP contribution in [0.15, 0.2) is 47.4 Å². The van der Waals surface area contributed by atoms with Crippen molar-refractivity contribution in [1.82, 2.24) is 4.72 Å². The Morgan fingerprint density at radius 1 is 1.15 bits per heavy atom. The Morgan fingerprint density at radius 3 is 2.38 bits per heavy atom. The minimum atomic E-state index is -3.83. The number of nitrogens with one attached hydrogen (secondary N) is 2. The van der Waals surface area contributed by atoms with Gasteiger partial charge in [-0.25, -0.2) is 13.1 Å². The van der Waals surface area contributed by atoms with Crippen molar-refractivity contribution in [2.45, 2.75) is 11.8 Å². The molecule has 2 N–H and O–H groups in total. The Morgan fingerprint density at radius 2 is 1.81 bits per heavy atom. The van der Waals surface area contributed by atoms with Crippen LogP contribution in [0.2, 0.25) is 0 Å².